The first-order chi connectivity index (χ1) is 12.2. The highest BCUT2D eigenvalue weighted by atomic mass is 16.6. The lowest BCUT2D eigenvalue weighted by atomic mass is 10.1. The van der Waals surface area contributed by atoms with E-state index in [1.54, 1.807) is 9.80 Å². The maximum Gasteiger partial charge on any atom is 0.409 e. The van der Waals surface area contributed by atoms with Gasteiger partial charge in [0.15, 0.2) is 0 Å². The number of benzene rings is 2. The fourth-order valence-electron chi connectivity index (χ4n) is 2.89. The second kappa shape index (κ2) is 8.33. The number of carbonyl (C=O) groups excluding carboxylic acids is 2. The van der Waals surface area contributed by atoms with Crippen molar-refractivity contribution >= 4 is 17.7 Å². The minimum atomic E-state index is -0.330. The highest BCUT2D eigenvalue weighted by molar-refractivity contribution is 5.93. The Hall–Kier alpha value is -2.82. The van der Waals surface area contributed by atoms with Gasteiger partial charge in [-0.05, 0) is 24.1 Å². The Bertz CT molecular complexity index is 703. The van der Waals surface area contributed by atoms with E-state index in [2.05, 4.69) is 12.1 Å². The van der Waals surface area contributed by atoms with Gasteiger partial charge < -0.3 is 14.5 Å². The van der Waals surface area contributed by atoms with Crippen LogP contribution in [0.1, 0.15) is 12.0 Å². The molecule has 2 aromatic carbocycles. The van der Waals surface area contributed by atoms with Gasteiger partial charge in [-0.1, -0.05) is 48.5 Å². The summed E-state index contributed by atoms with van der Waals surface area (Å²) in [6.45, 7) is 1.97. The van der Waals surface area contributed by atoms with E-state index >= 15 is 0 Å². The average Bonchev–Trinajstić information content (AvgIpc) is 3.07. The standard InChI is InChI=1S/C20H22N2O3/c23-19(12-13-21-15-16-25-20(21)24)22(18-9-5-2-6-10-18)14-11-17-7-3-1-4-8-17/h1-10H,11-16H2. The second-order valence-corrected chi connectivity index (χ2v) is 5.97. The topological polar surface area (TPSA) is 49.9 Å². The van der Waals surface area contributed by atoms with Crippen molar-refractivity contribution in [2.24, 2.45) is 0 Å². The SMILES string of the molecule is O=C1OCCN1CCC(=O)N(CCc1ccccc1)c1ccccc1. The molecular weight excluding hydrogens is 316 g/mol. The van der Waals surface area contributed by atoms with Crippen LogP contribution in [0, 0.1) is 0 Å². The molecule has 0 saturated carbocycles. The van der Waals surface area contributed by atoms with E-state index in [0.717, 1.165) is 12.1 Å². The molecule has 25 heavy (non-hydrogen) atoms. The van der Waals surface area contributed by atoms with Gasteiger partial charge in [0, 0.05) is 25.2 Å². The summed E-state index contributed by atoms with van der Waals surface area (Å²) in [4.78, 5) is 27.7. The van der Waals surface area contributed by atoms with Crippen LogP contribution in [0.25, 0.3) is 0 Å². The van der Waals surface area contributed by atoms with Crippen LogP contribution in [0.4, 0.5) is 10.5 Å². The van der Waals surface area contributed by atoms with E-state index in [1.807, 2.05) is 48.5 Å². The van der Waals surface area contributed by atoms with Crippen LogP contribution < -0.4 is 4.90 Å². The van der Waals surface area contributed by atoms with Gasteiger partial charge in [0.2, 0.25) is 5.91 Å². The minimum Gasteiger partial charge on any atom is -0.448 e. The second-order valence-electron chi connectivity index (χ2n) is 5.97. The predicted molar refractivity (Wildman–Crippen MR) is 96.5 cm³/mol. The summed E-state index contributed by atoms with van der Waals surface area (Å²) >= 11 is 0. The third-order valence-corrected chi connectivity index (χ3v) is 4.28. The van der Waals surface area contributed by atoms with Gasteiger partial charge in [0.1, 0.15) is 6.61 Å². The molecular formula is C20H22N2O3. The van der Waals surface area contributed by atoms with Crippen molar-refractivity contribution in [3.8, 4) is 0 Å². The third-order valence-electron chi connectivity index (χ3n) is 4.28. The van der Waals surface area contributed by atoms with Crippen molar-refractivity contribution in [2.45, 2.75) is 12.8 Å². The summed E-state index contributed by atoms with van der Waals surface area (Å²) in [7, 11) is 0. The van der Waals surface area contributed by atoms with Crippen LogP contribution in [0.3, 0.4) is 0 Å². The molecule has 0 unspecified atom stereocenters. The van der Waals surface area contributed by atoms with Crippen molar-refractivity contribution in [3.63, 3.8) is 0 Å². The lowest BCUT2D eigenvalue weighted by molar-refractivity contribution is -0.118. The molecule has 0 spiro atoms. The van der Waals surface area contributed by atoms with E-state index in [0.29, 0.717) is 32.7 Å². The zero-order valence-corrected chi connectivity index (χ0v) is 14.1. The van der Waals surface area contributed by atoms with Gasteiger partial charge in [0.05, 0.1) is 6.54 Å². The number of cyclic esters (lactones) is 1. The first-order valence-electron chi connectivity index (χ1n) is 8.55. The minimum absolute atomic E-state index is 0.0156. The lowest BCUT2D eigenvalue weighted by Gasteiger charge is -2.24. The molecule has 0 radical (unpaired) electrons. The van der Waals surface area contributed by atoms with Crippen molar-refractivity contribution in [3.05, 3.63) is 66.2 Å². The molecule has 5 heteroatoms. The molecule has 1 aliphatic rings. The summed E-state index contributed by atoms with van der Waals surface area (Å²) in [6.07, 6.45) is 0.745. The Morgan fingerprint density at radius 2 is 1.72 bits per heavy atom. The molecule has 5 nitrogen and oxygen atoms in total. The molecule has 0 aliphatic carbocycles. The fourth-order valence-corrected chi connectivity index (χ4v) is 2.89. The Morgan fingerprint density at radius 1 is 1.04 bits per heavy atom. The molecule has 3 rings (SSSR count). The number of para-hydroxylation sites is 1. The molecule has 2 amide bonds. The third kappa shape index (κ3) is 4.59. The first-order valence-corrected chi connectivity index (χ1v) is 8.55. The number of amides is 2. The van der Waals surface area contributed by atoms with Gasteiger partial charge in [-0.3, -0.25) is 4.79 Å². The molecule has 2 aromatic rings. The molecule has 0 aromatic heterocycles. The van der Waals surface area contributed by atoms with E-state index in [9.17, 15) is 9.59 Å². The smallest absolute Gasteiger partial charge is 0.409 e. The molecule has 1 saturated heterocycles. The maximum atomic E-state index is 12.8. The summed E-state index contributed by atoms with van der Waals surface area (Å²) in [6, 6.07) is 19.8. The van der Waals surface area contributed by atoms with E-state index in [1.165, 1.54) is 5.56 Å². The van der Waals surface area contributed by atoms with Gasteiger partial charge in [-0.2, -0.15) is 0 Å². The van der Waals surface area contributed by atoms with Crippen molar-refractivity contribution in [1.29, 1.82) is 0 Å². The van der Waals surface area contributed by atoms with Gasteiger partial charge >= 0.3 is 6.09 Å². The highest BCUT2D eigenvalue weighted by Gasteiger charge is 2.24. The van der Waals surface area contributed by atoms with Crippen molar-refractivity contribution in [2.75, 3.05) is 31.1 Å². The summed E-state index contributed by atoms with van der Waals surface area (Å²) < 4.78 is 4.91. The monoisotopic (exact) mass is 338 g/mol. The average molecular weight is 338 g/mol. The molecule has 0 atom stereocenters. The van der Waals surface area contributed by atoms with Crippen LogP contribution in [0.15, 0.2) is 60.7 Å². The zero-order valence-electron chi connectivity index (χ0n) is 14.1. The Morgan fingerprint density at radius 3 is 2.36 bits per heavy atom. The summed E-state index contributed by atoms with van der Waals surface area (Å²) in [5.74, 6) is 0.0156. The number of carbonyl (C=O) groups is 2. The zero-order chi connectivity index (χ0) is 17.5. The molecule has 0 N–H and O–H groups in total. The number of nitrogens with zero attached hydrogens (tertiary/aromatic N) is 2. The van der Waals surface area contributed by atoms with E-state index in [-0.39, 0.29) is 12.0 Å². The number of ether oxygens (including phenoxy) is 1. The quantitative estimate of drug-likeness (QED) is 0.779. The van der Waals surface area contributed by atoms with Crippen LogP contribution in [0.5, 0.6) is 0 Å². The lowest BCUT2D eigenvalue weighted by Crippen LogP contribution is -2.36. The molecule has 0 bridgehead atoms. The Labute approximate surface area is 147 Å². The predicted octanol–water partition coefficient (Wildman–Crippen LogP) is 3.10. The van der Waals surface area contributed by atoms with Crippen molar-refractivity contribution in [1.82, 2.24) is 4.90 Å². The van der Waals surface area contributed by atoms with Crippen molar-refractivity contribution < 1.29 is 14.3 Å². The van der Waals surface area contributed by atoms with Crippen LogP contribution in [-0.2, 0) is 16.0 Å². The number of anilines is 1. The van der Waals surface area contributed by atoms with Gasteiger partial charge in [-0.25, -0.2) is 4.79 Å². The number of rotatable bonds is 7. The highest BCUT2D eigenvalue weighted by Crippen LogP contribution is 2.16. The van der Waals surface area contributed by atoms with Gasteiger partial charge in [0.25, 0.3) is 0 Å². The fraction of sp³-hybridized carbons (Fsp3) is 0.300. The van der Waals surface area contributed by atoms with Gasteiger partial charge in [-0.15, -0.1) is 0 Å². The number of hydrogen-bond acceptors (Lipinski definition) is 3. The molecule has 1 fully saturated rings. The Kier molecular flexibility index (Phi) is 5.67. The number of hydrogen-bond donors (Lipinski definition) is 0. The van der Waals surface area contributed by atoms with Crippen LogP contribution in [-0.4, -0.2) is 43.1 Å². The molecule has 1 aliphatic heterocycles. The normalized spacial score (nSPS) is 13.6. The van der Waals surface area contributed by atoms with Crippen LogP contribution in [0.2, 0.25) is 0 Å². The van der Waals surface area contributed by atoms with E-state index < -0.39 is 0 Å². The first kappa shape index (κ1) is 17.0. The molecule has 130 valence electrons. The summed E-state index contributed by atoms with van der Waals surface area (Å²) in [5.41, 5.74) is 2.08. The largest absolute Gasteiger partial charge is 0.448 e. The summed E-state index contributed by atoms with van der Waals surface area (Å²) in [5, 5.41) is 0. The van der Waals surface area contributed by atoms with E-state index in [4.69, 9.17) is 4.74 Å². The maximum absolute atomic E-state index is 12.8. The van der Waals surface area contributed by atoms with Crippen LogP contribution >= 0.6 is 0 Å². The molecule has 1 heterocycles. The Balaban J connectivity index is 1.65.